The zero-order valence-corrected chi connectivity index (χ0v) is 11.3. The maximum absolute atomic E-state index is 12.6. The summed E-state index contributed by atoms with van der Waals surface area (Å²) >= 11 is 0. The molecule has 2 N–H and O–H groups in total. The van der Waals surface area contributed by atoms with Crippen LogP contribution in [0.15, 0.2) is 42.5 Å². The van der Waals surface area contributed by atoms with E-state index in [1.165, 1.54) is 5.56 Å². The molecule has 20 heavy (non-hydrogen) atoms. The number of carbonyl (C=O) groups is 1. The van der Waals surface area contributed by atoms with Gasteiger partial charge in [0.15, 0.2) is 0 Å². The van der Waals surface area contributed by atoms with Crippen molar-refractivity contribution in [1.29, 1.82) is 0 Å². The first-order valence-corrected chi connectivity index (χ1v) is 6.53. The molecule has 2 aromatic carbocycles. The van der Waals surface area contributed by atoms with Crippen molar-refractivity contribution in [3.05, 3.63) is 53.6 Å². The normalized spacial score (nSPS) is 13.2. The number of nitrogens with two attached hydrogens (primary N) is 1. The number of ether oxygens (including phenoxy) is 1. The molecule has 0 aliphatic carbocycles. The number of methoxy groups -OCH3 is 1. The van der Waals surface area contributed by atoms with Crippen LogP contribution in [-0.4, -0.2) is 19.6 Å². The lowest BCUT2D eigenvalue weighted by molar-refractivity contribution is 0.0989. The number of fused-ring (bicyclic) bond motifs is 1. The smallest absolute Gasteiger partial charge is 0.258 e. The van der Waals surface area contributed by atoms with Crippen LogP contribution in [0.4, 0.5) is 11.4 Å². The predicted molar refractivity (Wildman–Crippen MR) is 79.2 cm³/mol. The number of hydrogen-bond acceptors (Lipinski definition) is 3. The number of anilines is 2. The van der Waals surface area contributed by atoms with Crippen molar-refractivity contribution < 1.29 is 9.53 Å². The van der Waals surface area contributed by atoms with Crippen molar-refractivity contribution in [1.82, 2.24) is 0 Å². The van der Waals surface area contributed by atoms with Crippen LogP contribution in [0.25, 0.3) is 0 Å². The zero-order valence-electron chi connectivity index (χ0n) is 11.3. The Morgan fingerprint density at radius 2 is 2.05 bits per heavy atom. The van der Waals surface area contributed by atoms with Gasteiger partial charge in [-0.15, -0.1) is 0 Å². The van der Waals surface area contributed by atoms with Crippen LogP contribution in [0, 0.1) is 0 Å². The topological polar surface area (TPSA) is 55.6 Å². The second kappa shape index (κ2) is 4.89. The number of carbonyl (C=O) groups excluding carboxylic acids is 1. The predicted octanol–water partition coefficient (Wildman–Crippen LogP) is 2.48. The molecule has 0 spiro atoms. The van der Waals surface area contributed by atoms with Gasteiger partial charge in [-0.05, 0) is 30.2 Å². The summed E-state index contributed by atoms with van der Waals surface area (Å²) in [5.74, 6) is 0.557. The van der Waals surface area contributed by atoms with Crippen molar-refractivity contribution in [3.8, 4) is 5.75 Å². The molecule has 102 valence electrons. The second-order valence-corrected chi connectivity index (χ2v) is 4.83. The van der Waals surface area contributed by atoms with E-state index in [9.17, 15) is 4.79 Å². The summed E-state index contributed by atoms with van der Waals surface area (Å²) in [4.78, 5) is 14.4. The maximum atomic E-state index is 12.6. The van der Waals surface area contributed by atoms with Gasteiger partial charge < -0.3 is 15.4 Å². The number of nitrogen functional groups attached to an aromatic ring is 1. The molecule has 4 heteroatoms. The molecule has 1 amide bonds. The van der Waals surface area contributed by atoms with Crippen molar-refractivity contribution in [2.75, 3.05) is 24.3 Å². The van der Waals surface area contributed by atoms with Crippen molar-refractivity contribution >= 4 is 17.3 Å². The molecule has 1 heterocycles. The van der Waals surface area contributed by atoms with Gasteiger partial charge in [0.25, 0.3) is 5.91 Å². The standard InChI is InChI=1S/C16H16N2O2/c1-20-14-9-12(8-13(17)10-14)16(19)18-7-6-11-4-2-3-5-15(11)18/h2-5,8-10H,6-7,17H2,1H3. The summed E-state index contributed by atoms with van der Waals surface area (Å²) in [5, 5.41) is 0. The van der Waals surface area contributed by atoms with E-state index >= 15 is 0 Å². The van der Waals surface area contributed by atoms with Gasteiger partial charge in [0.1, 0.15) is 5.75 Å². The lowest BCUT2D eigenvalue weighted by Crippen LogP contribution is -2.28. The first kappa shape index (κ1) is 12.5. The summed E-state index contributed by atoms with van der Waals surface area (Å²) in [6.45, 7) is 0.704. The molecular weight excluding hydrogens is 252 g/mol. The van der Waals surface area contributed by atoms with Crippen LogP contribution in [0.2, 0.25) is 0 Å². The summed E-state index contributed by atoms with van der Waals surface area (Å²) in [5.41, 5.74) is 9.09. The minimum absolute atomic E-state index is 0.0412. The van der Waals surface area contributed by atoms with E-state index < -0.39 is 0 Å². The van der Waals surface area contributed by atoms with Gasteiger partial charge in [-0.3, -0.25) is 4.79 Å². The van der Waals surface area contributed by atoms with Gasteiger partial charge in [-0.2, -0.15) is 0 Å². The fraction of sp³-hybridized carbons (Fsp3) is 0.188. The lowest BCUT2D eigenvalue weighted by atomic mass is 10.1. The van der Waals surface area contributed by atoms with E-state index in [2.05, 4.69) is 6.07 Å². The van der Waals surface area contributed by atoms with Crippen LogP contribution in [0.5, 0.6) is 5.75 Å². The van der Waals surface area contributed by atoms with E-state index in [-0.39, 0.29) is 5.91 Å². The van der Waals surface area contributed by atoms with Gasteiger partial charge in [0.05, 0.1) is 7.11 Å². The molecule has 0 atom stereocenters. The monoisotopic (exact) mass is 268 g/mol. The van der Waals surface area contributed by atoms with Crippen LogP contribution < -0.4 is 15.4 Å². The second-order valence-electron chi connectivity index (χ2n) is 4.83. The molecule has 1 aliphatic heterocycles. The molecule has 4 nitrogen and oxygen atoms in total. The van der Waals surface area contributed by atoms with Gasteiger partial charge in [0, 0.05) is 29.5 Å². The van der Waals surface area contributed by atoms with Crippen LogP contribution >= 0.6 is 0 Å². The molecule has 1 aliphatic rings. The summed E-state index contributed by atoms with van der Waals surface area (Å²) < 4.78 is 5.17. The Balaban J connectivity index is 1.96. The highest BCUT2D eigenvalue weighted by atomic mass is 16.5. The summed E-state index contributed by atoms with van der Waals surface area (Å²) in [6, 6.07) is 13.1. The number of para-hydroxylation sites is 1. The Morgan fingerprint density at radius 3 is 2.85 bits per heavy atom. The molecule has 0 aromatic heterocycles. The molecule has 0 fully saturated rings. The first-order valence-electron chi connectivity index (χ1n) is 6.53. The lowest BCUT2D eigenvalue weighted by Gasteiger charge is -2.18. The molecular formula is C16H16N2O2. The minimum Gasteiger partial charge on any atom is -0.497 e. The van der Waals surface area contributed by atoms with Gasteiger partial charge in [-0.1, -0.05) is 18.2 Å². The van der Waals surface area contributed by atoms with Gasteiger partial charge in [0.2, 0.25) is 0 Å². The third-order valence-electron chi connectivity index (χ3n) is 3.54. The number of rotatable bonds is 2. The molecule has 0 saturated heterocycles. The molecule has 0 bridgehead atoms. The molecule has 0 radical (unpaired) electrons. The Bertz CT molecular complexity index is 667. The molecule has 0 unspecified atom stereocenters. The SMILES string of the molecule is COc1cc(N)cc(C(=O)N2CCc3ccccc32)c1. The van der Waals surface area contributed by atoms with Crippen molar-refractivity contribution in [2.24, 2.45) is 0 Å². The van der Waals surface area contributed by atoms with Gasteiger partial charge >= 0.3 is 0 Å². The number of hydrogen-bond donors (Lipinski definition) is 1. The zero-order chi connectivity index (χ0) is 14.1. The van der Waals surface area contributed by atoms with E-state index in [0.717, 1.165) is 12.1 Å². The van der Waals surface area contributed by atoms with Crippen LogP contribution in [0.1, 0.15) is 15.9 Å². The average Bonchev–Trinajstić information content (AvgIpc) is 2.89. The summed E-state index contributed by atoms with van der Waals surface area (Å²) in [6.07, 6.45) is 0.890. The highest BCUT2D eigenvalue weighted by molar-refractivity contribution is 6.08. The van der Waals surface area contributed by atoms with Gasteiger partial charge in [-0.25, -0.2) is 0 Å². The van der Waals surface area contributed by atoms with Crippen molar-refractivity contribution in [2.45, 2.75) is 6.42 Å². The van der Waals surface area contributed by atoms with Crippen molar-refractivity contribution in [3.63, 3.8) is 0 Å². The third-order valence-corrected chi connectivity index (χ3v) is 3.54. The maximum Gasteiger partial charge on any atom is 0.258 e. The first-order chi connectivity index (χ1) is 9.69. The van der Waals surface area contributed by atoms with Crippen LogP contribution in [-0.2, 0) is 6.42 Å². The van der Waals surface area contributed by atoms with Crippen LogP contribution in [0.3, 0.4) is 0 Å². The molecule has 3 rings (SSSR count). The third kappa shape index (κ3) is 2.09. The Kier molecular flexibility index (Phi) is 3.06. The Labute approximate surface area is 117 Å². The number of amides is 1. The molecule has 0 saturated carbocycles. The largest absolute Gasteiger partial charge is 0.497 e. The summed E-state index contributed by atoms with van der Waals surface area (Å²) in [7, 11) is 1.56. The number of benzene rings is 2. The number of nitrogens with zero attached hydrogens (tertiary/aromatic N) is 1. The minimum atomic E-state index is -0.0412. The van der Waals surface area contributed by atoms with E-state index in [0.29, 0.717) is 23.5 Å². The average molecular weight is 268 g/mol. The highest BCUT2D eigenvalue weighted by Gasteiger charge is 2.25. The quantitative estimate of drug-likeness (QED) is 0.851. The fourth-order valence-corrected chi connectivity index (χ4v) is 2.57. The van der Waals surface area contributed by atoms with E-state index in [1.807, 2.05) is 18.2 Å². The molecule has 2 aromatic rings. The Morgan fingerprint density at radius 1 is 1.25 bits per heavy atom. The highest BCUT2D eigenvalue weighted by Crippen LogP contribution is 2.30. The van der Waals surface area contributed by atoms with E-state index in [1.54, 1.807) is 30.2 Å². The Hall–Kier alpha value is -2.49. The fourth-order valence-electron chi connectivity index (χ4n) is 2.57. The van der Waals surface area contributed by atoms with E-state index in [4.69, 9.17) is 10.5 Å².